The molecule has 0 fully saturated rings. The highest BCUT2D eigenvalue weighted by atomic mass is 19.1. The van der Waals surface area contributed by atoms with Gasteiger partial charge in [0.05, 0.1) is 6.10 Å². The third-order valence-corrected chi connectivity index (χ3v) is 2.48. The minimum absolute atomic E-state index is 0.0611. The molecule has 1 N–H and O–H groups in total. The van der Waals surface area contributed by atoms with Crippen molar-refractivity contribution in [2.24, 2.45) is 0 Å². The zero-order chi connectivity index (χ0) is 16.0. The van der Waals surface area contributed by atoms with E-state index in [1.54, 1.807) is 19.9 Å². The number of hydrogen-bond acceptors (Lipinski definition) is 4. The number of esters is 1. The van der Waals surface area contributed by atoms with Crippen LogP contribution in [0.4, 0.5) is 4.39 Å². The van der Waals surface area contributed by atoms with Gasteiger partial charge in [0.2, 0.25) is 0 Å². The Morgan fingerprint density at radius 2 is 1.95 bits per heavy atom. The van der Waals surface area contributed by atoms with E-state index in [-0.39, 0.29) is 18.2 Å². The molecule has 0 saturated heterocycles. The number of hydrogen-bond donors (Lipinski definition) is 1. The van der Waals surface area contributed by atoms with Gasteiger partial charge in [0, 0.05) is 18.2 Å². The molecule has 0 bridgehead atoms. The van der Waals surface area contributed by atoms with Crippen LogP contribution in [0.2, 0.25) is 0 Å². The van der Waals surface area contributed by atoms with Gasteiger partial charge in [-0.1, -0.05) is 0 Å². The van der Waals surface area contributed by atoms with Crippen molar-refractivity contribution in [2.45, 2.75) is 52.8 Å². The zero-order valence-electron chi connectivity index (χ0n) is 13.3. The lowest BCUT2D eigenvalue weighted by Crippen LogP contribution is -2.35. The van der Waals surface area contributed by atoms with Crippen LogP contribution in [0.3, 0.4) is 0 Å². The summed E-state index contributed by atoms with van der Waals surface area (Å²) in [6, 6.07) is 4.41. The summed E-state index contributed by atoms with van der Waals surface area (Å²) >= 11 is 0. The molecular formula is C16H24FNO3. The molecule has 1 aromatic rings. The molecule has 0 aliphatic carbocycles. The summed E-state index contributed by atoms with van der Waals surface area (Å²) in [5, 5.41) is 3.27. The van der Waals surface area contributed by atoms with E-state index >= 15 is 0 Å². The third-order valence-electron chi connectivity index (χ3n) is 2.48. The lowest BCUT2D eigenvalue weighted by atomic mass is 10.1. The van der Waals surface area contributed by atoms with Crippen LogP contribution in [0.1, 0.15) is 40.2 Å². The van der Waals surface area contributed by atoms with Crippen LogP contribution in [0.15, 0.2) is 18.2 Å². The molecule has 0 saturated carbocycles. The first-order valence-electron chi connectivity index (χ1n) is 7.02. The Morgan fingerprint density at radius 1 is 1.29 bits per heavy atom. The summed E-state index contributed by atoms with van der Waals surface area (Å²) in [6.45, 7) is 9.91. The van der Waals surface area contributed by atoms with Crippen molar-refractivity contribution in [1.29, 1.82) is 0 Å². The standard InChI is InChI=1S/C16H24FNO3/c1-11(2)21-15(19)10-20-14-7-12(6-13(17)8-14)9-18-16(3,4)5/h6-8,11,18H,9-10H2,1-5H3. The third kappa shape index (κ3) is 7.66. The van der Waals surface area contributed by atoms with Gasteiger partial charge >= 0.3 is 5.97 Å². The molecule has 0 aliphatic heterocycles. The van der Waals surface area contributed by atoms with Gasteiger partial charge in [0.25, 0.3) is 0 Å². The molecule has 0 atom stereocenters. The molecule has 0 amide bonds. The SMILES string of the molecule is CC(C)OC(=O)COc1cc(F)cc(CNC(C)(C)C)c1. The smallest absolute Gasteiger partial charge is 0.344 e. The maximum Gasteiger partial charge on any atom is 0.344 e. The lowest BCUT2D eigenvalue weighted by Gasteiger charge is -2.20. The Labute approximate surface area is 125 Å². The van der Waals surface area contributed by atoms with Crippen molar-refractivity contribution >= 4 is 5.97 Å². The van der Waals surface area contributed by atoms with E-state index in [0.717, 1.165) is 5.56 Å². The highest BCUT2D eigenvalue weighted by Crippen LogP contribution is 2.17. The second-order valence-corrected chi connectivity index (χ2v) is 6.23. The highest BCUT2D eigenvalue weighted by Gasteiger charge is 2.11. The average molecular weight is 297 g/mol. The van der Waals surface area contributed by atoms with Crippen LogP contribution in [-0.4, -0.2) is 24.2 Å². The fourth-order valence-electron chi connectivity index (χ4n) is 1.61. The van der Waals surface area contributed by atoms with E-state index in [1.807, 2.05) is 20.8 Å². The van der Waals surface area contributed by atoms with Gasteiger partial charge in [-0.25, -0.2) is 9.18 Å². The number of benzene rings is 1. The number of halogens is 1. The van der Waals surface area contributed by atoms with Crippen LogP contribution in [0.25, 0.3) is 0 Å². The molecule has 1 aromatic carbocycles. The fraction of sp³-hybridized carbons (Fsp3) is 0.562. The molecule has 0 aliphatic rings. The second-order valence-electron chi connectivity index (χ2n) is 6.23. The number of nitrogens with one attached hydrogen (secondary N) is 1. The Bertz CT molecular complexity index is 481. The lowest BCUT2D eigenvalue weighted by molar-refractivity contribution is -0.149. The number of rotatable bonds is 6. The Hall–Kier alpha value is -1.62. The van der Waals surface area contributed by atoms with E-state index in [1.165, 1.54) is 12.1 Å². The Balaban J connectivity index is 2.63. The first-order valence-corrected chi connectivity index (χ1v) is 7.02. The van der Waals surface area contributed by atoms with Crippen molar-refractivity contribution < 1.29 is 18.7 Å². The monoisotopic (exact) mass is 297 g/mol. The minimum Gasteiger partial charge on any atom is -0.482 e. The van der Waals surface area contributed by atoms with Crippen LogP contribution in [0, 0.1) is 5.82 Å². The molecule has 1 rings (SSSR count). The molecule has 0 unspecified atom stereocenters. The van der Waals surface area contributed by atoms with E-state index in [4.69, 9.17) is 9.47 Å². The van der Waals surface area contributed by atoms with Gasteiger partial charge in [-0.15, -0.1) is 0 Å². The quantitative estimate of drug-likeness (QED) is 0.820. The van der Waals surface area contributed by atoms with Gasteiger partial charge in [-0.2, -0.15) is 0 Å². The summed E-state index contributed by atoms with van der Waals surface area (Å²) < 4.78 is 23.8. The molecule has 118 valence electrons. The number of carbonyl (C=O) groups is 1. The Morgan fingerprint density at radius 3 is 2.52 bits per heavy atom. The van der Waals surface area contributed by atoms with E-state index in [0.29, 0.717) is 12.3 Å². The average Bonchev–Trinajstić information content (AvgIpc) is 2.32. The van der Waals surface area contributed by atoms with Crippen molar-refractivity contribution in [1.82, 2.24) is 5.32 Å². The molecular weight excluding hydrogens is 273 g/mol. The first-order chi connectivity index (χ1) is 9.65. The van der Waals surface area contributed by atoms with Crippen LogP contribution < -0.4 is 10.1 Å². The van der Waals surface area contributed by atoms with E-state index in [2.05, 4.69) is 5.32 Å². The van der Waals surface area contributed by atoms with Crippen molar-refractivity contribution in [3.8, 4) is 5.75 Å². The Kier molecular flexibility index (Phi) is 6.15. The largest absolute Gasteiger partial charge is 0.482 e. The molecule has 0 radical (unpaired) electrons. The van der Waals surface area contributed by atoms with Crippen LogP contribution >= 0.6 is 0 Å². The van der Waals surface area contributed by atoms with Crippen LogP contribution in [0.5, 0.6) is 5.75 Å². The first kappa shape index (κ1) is 17.4. The molecule has 0 heterocycles. The minimum atomic E-state index is -0.469. The normalized spacial score (nSPS) is 11.6. The second kappa shape index (κ2) is 7.41. The summed E-state index contributed by atoms with van der Waals surface area (Å²) in [6.07, 6.45) is -0.194. The predicted molar refractivity (Wildman–Crippen MR) is 79.7 cm³/mol. The van der Waals surface area contributed by atoms with Gasteiger partial charge < -0.3 is 14.8 Å². The molecule has 21 heavy (non-hydrogen) atoms. The van der Waals surface area contributed by atoms with Crippen molar-refractivity contribution in [3.05, 3.63) is 29.6 Å². The van der Waals surface area contributed by atoms with Gasteiger partial charge in [0.15, 0.2) is 6.61 Å². The maximum absolute atomic E-state index is 13.6. The highest BCUT2D eigenvalue weighted by molar-refractivity contribution is 5.71. The topological polar surface area (TPSA) is 47.6 Å². The van der Waals surface area contributed by atoms with Gasteiger partial charge in [-0.3, -0.25) is 0 Å². The van der Waals surface area contributed by atoms with Crippen molar-refractivity contribution in [3.63, 3.8) is 0 Å². The van der Waals surface area contributed by atoms with E-state index in [9.17, 15) is 9.18 Å². The zero-order valence-corrected chi connectivity index (χ0v) is 13.3. The predicted octanol–water partition coefficient (Wildman–Crippen LogP) is 3.04. The summed E-state index contributed by atoms with van der Waals surface area (Å²) in [5.41, 5.74) is 0.700. The number of carbonyl (C=O) groups excluding carboxylic acids is 1. The maximum atomic E-state index is 13.6. The van der Waals surface area contributed by atoms with E-state index < -0.39 is 11.8 Å². The molecule has 4 nitrogen and oxygen atoms in total. The summed E-state index contributed by atoms with van der Waals surface area (Å²) in [4.78, 5) is 11.4. The van der Waals surface area contributed by atoms with Gasteiger partial charge in [-0.05, 0) is 52.3 Å². The summed E-state index contributed by atoms with van der Waals surface area (Å²) in [5.74, 6) is -0.541. The molecule has 0 aromatic heterocycles. The molecule has 0 spiro atoms. The summed E-state index contributed by atoms with van der Waals surface area (Å²) in [7, 11) is 0. The van der Waals surface area contributed by atoms with Gasteiger partial charge in [0.1, 0.15) is 11.6 Å². The van der Waals surface area contributed by atoms with Crippen LogP contribution in [-0.2, 0) is 16.1 Å². The number of ether oxygens (including phenoxy) is 2. The molecule has 5 heteroatoms. The van der Waals surface area contributed by atoms with Crippen molar-refractivity contribution in [2.75, 3.05) is 6.61 Å². The fourth-order valence-corrected chi connectivity index (χ4v) is 1.61.